The second-order valence-electron chi connectivity index (χ2n) is 6.05. The SMILES string of the molecule is CCCCC(CC)C(=O)N(CCC(=O)O)C(C)(C)C. The molecule has 0 aliphatic carbocycles. The normalized spacial score (nSPS) is 13.1. The van der Waals surface area contributed by atoms with Crippen LogP contribution in [0.3, 0.4) is 0 Å². The van der Waals surface area contributed by atoms with Crippen molar-refractivity contribution in [1.29, 1.82) is 0 Å². The monoisotopic (exact) mass is 271 g/mol. The summed E-state index contributed by atoms with van der Waals surface area (Å²) in [7, 11) is 0. The molecule has 19 heavy (non-hydrogen) atoms. The summed E-state index contributed by atoms with van der Waals surface area (Å²) < 4.78 is 0. The minimum absolute atomic E-state index is 0.00716. The number of carbonyl (C=O) groups excluding carboxylic acids is 1. The number of carbonyl (C=O) groups is 2. The number of hydrogen-bond donors (Lipinski definition) is 1. The first-order valence-electron chi connectivity index (χ1n) is 7.27. The van der Waals surface area contributed by atoms with E-state index in [0.29, 0.717) is 6.54 Å². The summed E-state index contributed by atoms with van der Waals surface area (Å²) in [5.41, 5.74) is -0.327. The summed E-state index contributed by atoms with van der Waals surface area (Å²) in [5, 5.41) is 8.81. The molecular weight excluding hydrogens is 242 g/mol. The van der Waals surface area contributed by atoms with Crippen molar-refractivity contribution in [3.05, 3.63) is 0 Å². The summed E-state index contributed by atoms with van der Waals surface area (Å²) in [6.07, 6.45) is 3.84. The van der Waals surface area contributed by atoms with Crippen molar-refractivity contribution in [2.24, 2.45) is 5.92 Å². The van der Waals surface area contributed by atoms with Gasteiger partial charge in [0.05, 0.1) is 6.42 Å². The van der Waals surface area contributed by atoms with Gasteiger partial charge in [0.2, 0.25) is 5.91 Å². The van der Waals surface area contributed by atoms with Crippen molar-refractivity contribution in [2.75, 3.05) is 6.54 Å². The minimum atomic E-state index is -0.858. The molecular formula is C15H29NO3. The third-order valence-corrected chi connectivity index (χ3v) is 3.37. The number of unbranched alkanes of at least 4 members (excludes halogenated alkanes) is 1. The van der Waals surface area contributed by atoms with Crippen LogP contribution in [-0.4, -0.2) is 34.0 Å². The van der Waals surface area contributed by atoms with E-state index in [2.05, 4.69) is 6.92 Å². The highest BCUT2D eigenvalue weighted by Gasteiger charge is 2.30. The van der Waals surface area contributed by atoms with E-state index in [1.54, 1.807) is 4.90 Å². The Kier molecular flexibility index (Phi) is 7.72. The van der Waals surface area contributed by atoms with E-state index in [4.69, 9.17) is 5.11 Å². The van der Waals surface area contributed by atoms with Crippen molar-refractivity contribution in [2.45, 2.75) is 72.3 Å². The summed E-state index contributed by atoms with van der Waals surface area (Å²) in [5.74, 6) is -0.735. The lowest BCUT2D eigenvalue weighted by atomic mass is 9.94. The van der Waals surface area contributed by atoms with Gasteiger partial charge in [-0.25, -0.2) is 0 Å². The zero-order valence-electron chi connectivity index (χ0n) is 13.0. The largest absolute Gasteiger partial charge is 0.481 e. The van der Waals surface area contributed by atoms with Gasteiger partial charge in [-0.2, -0.15) is 0 Å². The lowest BCUT2D eigenvalue weighted by Crippen LogP contribution is -2.49. The van der Waals surface area contributed by atoms with Crippen LogP contribution in [0.4, 0.5) is 0 Å². The average Bonchev–Trinajstić information content (AvgIpc) is 2.28. The van der Waals surface area contributed by atoms with Crippen LogP contribution in [0, 0.1) is 5.92 Å². The van der Waals surface area contributed by atoms with Crippen molar-refractivity contribution in [3.63, 3.8) is 0 Å². The highest BCUT2D eigenvalue weighted by molar-refractivity contribution is 5.80. The molecule has 1 atom stereocenters. The number of hydrogen-bond acceptors (Lipinski definition) is 2. The molecule has 0 bridgehead atoms. The van der Waals surface area contributed by atoms with E-state index < -0.39 is 5.97 Å². The van der Waals surface area contributed by atoms with Crippen LogP contribution >= 0.6 is 0 Å². The molecule has 0 fully saturated rings. The van der Waals surface area contributed by atoms with Crippen molar-refractivity contribution >= 4 is 11.9 Å². The van der Waals surface area contributed by atoms with Gasteiger partial charge in [-0.3, -0.25) is 9.59 Å². The maximum Gasteiger partial charge on any atom is 0.305 e. The molecule has 0 aliphatic heterocycles. The zero-order chi connectivity index (χ0) is 15.1. The lowest BCUT2D eigenvalue weighted by Gasteiger charge is -2.38. The van der Waals surface area contributed by atoms with Crippen molar-refractivity contribution in [1.82, 2.24) is 4.90 Å². The minimum Gasteiger partial charge on any atom is -0.481 e. The van der Waals surface area contributed by atoms with Gasteiger partial charge in [-0.1, -0.05) is 26.7 Å². The number of carboxylic acids is 1. The van der Waals surface area contributed by atoms with E-state index in [1.165, 1.54) is 0 Å². The topological polar surface area (TPSA) is 57.6 Å². The van der Waals surface area contributed by atoms with Crippen LogP contribution in [0.15, 0.2) is 0 Å². The summed E-state index contributed by atoms with van der Waals surface area (Å²) in [6, 6.07) is 0. The second kappa shape index (κ2) is 8.18. The fourth-order valence-electron chi connectivity index (χ4n) is 2.16. The molecule has 112 valence electrons. The van der Waals surface area contributed by atoms with Gasteiger partial charge in [0.1, 0.15) is 0 Å². The van der Waals surface area contributed by atoms with E-state index in [0.717, 1.165) is 25.7 Å². The molecule has 0 aromatic rings. The summed E-state index contributed by atoms with van der Waals surface area (Å²) in [6.45, 7) is 10.3. The first-order valence-corrected chi connectivity index (χ1v) is 7.27. The van der Waals surface area contributed by atoms with Crippen molar-refractivity contribution < 1.29 is 14.7 Å². The summed E-state index contributed by atoms with van der Waals surface area (Å²) >= 11 is 0. The first-order chi connectivity index (χ1) is 8.73. The van der Waals surface area contributed by atoms with Gasteiger partial charge < -0.3 is 10.0 Å². The van der Waals surface area contributed by atoms with E-state index in [-0.39, 0.29) is 23.8 Å². The van der Waals surface area contributed by atoms with Crippen LogP contribution < -0.4 is 0 Å². The molecule has 1 amide bonds. The Hall–Kier alpha value is -1.06. The Morgan fingerprint density at radius 1 is 1.21 bits per heavy atom. The average molecular weight is 271 g/mol. The summed E-state index contributed by atoms with van der Waals surface area (Å²) in [4.78, 5) is 25.0. The lowest BCUT2D eigenvalue weighted by molar-refractivity contribution is -0.143. The molecule has 0 heterocycles. The second-order valence-corrected chi connectivity index (χ2v) is 6.05. The van der Waals surface area contributed by atoms with Gasteiger partial charge in [-0.05, 0) is 33.6 Å². The van der Waals surface area contributed by atoms with Gasteiger partial charge in [-0.15, -0.1) is 0 Å². The van der Waals surface area contributed by atoms with Crippen molar-refractivity contribution in [3.8, 4) is 0 Å². The van der Waals surface area contributed by atoms with E-state index in [9.17, 15) is 9.59 Å². The molecule has 0 spiro atoms. The number of nitrogens with zero attached hydrogens (tertiary/aromatic N) is 1. The number of carboxylic acid groups (broad SMARTS) is 1. The molecule has 1 unspecified atom stereocenters. The van der Waals surface area contributed by atoms with E-state index in [1.807, 2.05) is 27.7 Å². The van der Waals surface area contributed by atoms with Crippen LogP contribution in [0.5, 0.6) is 0 Å². The predicted octanol–water partition coefficient (Wildman–Crippen LogP) is 3.30. The smallest absolute Gasteiger partial charge is 0.305 e. The Labute approximate surface area is 117 Å². The fourth-order valence-corrected chi connectivity index (χ4v) is 2.16. The molecule has 0 aromatic carbocycles. The first kappa shape index (κ1) is 17.9. The van der Waals surface area contributed by atoms with Gasteiger partial charge in [0.15, 0.2) is 0 Å². The molecule has 0 saturated heterocycles. The van der Waals surface area contributed by atoms with Gasteiger partial charge >= 0.3 is 5.97 Å². The predicted molar refractivity (Wildman–Crippen MR) is 77.0 cm³/mol. The molecule has 0 aromatic heterocycles. The maximum atomic E-state index is 12.6. The van der Waals surface area contributed by atoms with Crippen LogP contribution in [0.2, 0.25) is 0 Å². The number of amides is 1. The molecule has 0 aliphatic rings. The Morgan fingerprint density at radius 3 is 2.16 bits per heavy atom. The molecule has 1 N–H and O–H groups in total. The molecule has 4 nitrogen and oxygen atoms in total. The number of rotatable bonds is 8. The van der Waals surface area contributed by atoms with Crippen LogP contribution in [0.1, 0.15) is 66.7 Å². The molecule has 4 heteroatoms. The highest BCUT2D eigenvalue weighted by atomic mass is 16.4. The standard InChI is InChI=1S/C15H29NO3/c1-6-8-9-12(7-2)14(19)16(15(3,4)5)11-10-13(17)18/h12H,6-11H2,1-5H3,(H,17,18). The zero-order valence-corrected chi connectivity index (χ0v) is 13.0. The van der Waals surface area contributed by atoms with E-state index >= 15 is 0 Å². The third-order valence-electron chi connectivity index (χ3n) is 3.37. The quantitative estimate of drug-likeness (QED) is 0.737. The molecule has 0 rings (SSSR count). The van der Waals surface area contributed by atoms with Crippen LogP contribution in [-0.2, 0) is 9.59 Å². The molecule has 0 saturated carbocycles. The molecule has 0 radical (unpaired) electrons. The fraction of sp³-hybridized carbons (Fsp3) is 0.867. The van der Waals surface area contributed by atoms with Crippen LogP contribution in [0.25, 0.3) is 0 Å². The number of aliphatic carboxylic acids is 1. The van der Waals surface area contributed by atoms with Gasteiger partial charge in [0.25, 0.3) is 0 Å². The third kappa shape index (κ3) is 6.60. The Morgan fingerprint density at radius 2 is 1.79 bits per heavy atom. The highest BCUT2D eigenvalue weighted by Crippen LogP contribution is 2.22. The Bertz CT molecular complexity index is 294. The maximum absolute atomic E-state index is 12.6. The Balaban J connectivity index is 4.81. The van der Waals surface area contributed by atoms with Gasteiger partial charge in [0, 0.05) is 18.0 Å².